The van der Waals surface area contributed by atoms with Gasteiger partial charge in [-0.15, -0.1) is 0 Å². The van der Waals surface area contributed by atoms with Crippen molar-refractivity contribution in [2.24, 2.45) is 0 Å². The molecule has 0 N–H and O–H groups in total. The van der Waals surface area contributed by atoms with E-state index in [1.165, 1.54) is 0 Å². The Labute approximate surface area is 128 Å². The molecule has 1 atom stereocenters. The summed E-state index contributed by atoms with van der Waals surface area (Å²) in [4.78, 5) is 12.5. The molecule has 104 valence electrons. The van der Waals surface area contributed by atoms with Gasteiger partial charge < -0.3 is 0 Å². The Morgan fingerprint density at radius 3 is 2.30 bits per heavy atom. The van der Waals surface area contributed by atoms with Gasteiger partial charge in [-0.3, -0.25) is 0 Å². The van der Waals surface area contributed by atoms with E-state index in [2.05, 4.69) is 15.6 Å². The van der Waals surface area contributed by atoms with Crippen LogP contribution in [-0.2, 0) is 4.52 Å². The van der Waals surface area contributed by atoms with Crippen molar-refractivity contribution in [2.45, 2.75) is 6.92 Å². The SMILES string of the molecule is CO[P+]([Se-])(CC(=O)c1ccccc1C)c1ccccc1. The van der Waals surface area contributed by atoms with Crippen LogP contribution in [0.15, 0.2) is 54.6 Å². The Balaban J connectivity index is 2.27. The monoisotopic (exact) mass is 352 g/mol. The van der Waals surface area contributed by atoms with E-state index in [1.54, 1.807) is 7.11 Å². The molecule has 0 aliphatic heterocycles. The molecule has 0 aliphatic carbocycles. The average molecular weight is 351 g/mol. The standard InChI is InChI=1S/C16H17O2PSe/c1-13-8-6-7-11-15(13)16(17)12-19(20,18-2)14-9-4-3-5-10-14/h3-11H,12H2,1-2H3. The number of hydrogen-bond acceptors (Lipinski definition) is 2. The Bertz CT molecular complexity index is 600. The molecule has 0 radical (unpaired) electrons. The molecule has 2 aromatic rings. The van der Waals surface area contributed by atoms with Crippen molar-refractivity contribution in [2.75, 3.05) is 13.3 Å². The van der Waals surface area contributed by atoms with Crippen LogP contribution in [0.1, 0.15) is 15.9 Å². The third kappa shape index (κ3) is 3.37. The van der Waals surface area contributed by atoms with Gasteiger partial charge in [0.1, 0.15) is 0 Å². The topological polar surface area (TPSA) is 26.3 Å². The number of hydrogen-bond donors (Lipinski definition) is 0. The van der Waals surface area contributed by atoms with Crippen molar-refractivity contribution in [3.63, 3.8) is 0 Å². The van der Waals surface area contributed by atoms with Crippen LogP contribution in [0.25, 0.3) is 0 Å². The summed E-state index contributed by atoms with van der Waals surface area (Å²) in [5.41, 5.74) is 1.79. The van der Waals surface area contributed by atoms with Crippen LogP contribution in [0.2, 0.25) is 0 Å². The predicted octanol–water partition coefficient (Wildman–Crippen LogP) is 3.17. The summed E-state index contributed by atoms with van der Waals surface area (Å²) in [6.45, 7) is 1.96. The first-order chi connectivity index (χ1) is 9.57. The molecule has 0 fully saturated rings. The van der Waals surface area contributed by atoms with E-state index < -0.39 is 6.18 Å². The Morgan fingerprint density at radius 2 is 1.70 bits per heavy atom. The first kappa shape index (κ1) is 15.4. The summed E-state index contributed by atoms with van der Waals surface area (Å²) in [7, 11) is 1.67. The van der Waals surface area contributed by atoms with Crippen molar-refractivity contribution in [3.05, 3.63) is 65.7 Å². The third-order valence-electron chi connectivity index (χ3n) is 3.24. The molecular weight excluding hydrogens is 334 g/mol. The zero-order valence-electron chi connectivity index (χ0n) is 11.6. The van der Waals surface area contributed by atoms with Crippen molar-refractivity contribution in [3.8, 4) is 0 Å². The molecule has 0 saturated heterocycles. The molecule has 0 spiro atoms. The number of ketones is 1. The van der Waals surface area contributed by atoms with Gasteiger partial charge in [0.2, 0.25) is 0 Å². The summed E-state index contributed by atoms with van der Waals surface area (Å²) in [5, 5.41) is 1.07. The van der Waals surface area contributed by atoms with E-state index in [0.29, 0.717) is 6.16 Å². The summed E-state index contributed by atoms with van der Waals surface area (Å²) >= 11 is 3.14. The van der Waals surface area contributed by atoms with Crippen LogP contribution >= 0.6 is 6.18 Å². The molecule has 2 rings (SSSR count). The molecule has 0 heterocycles. The maximum atomic E-state index is 12.5. The van der Waals surface area contributed by atoms with Gasteiger partial charge in [0.25, 0.3) is 0 Å². The molecule has 0 saturated carbocycles. The summed E-state index contributed by atoms with van der Waals surface area (Å²) in [6, 6.07) is 17.6. The van der Waals surface area contributed by atoms with Gasteiger partial charge in [-0.05, 0) is 0 Å². The van der Waals surface area contributed by atoms with Gasteiger partial charge in [0, 0.05) is 0 Å². The van der Waals surface area contributed by atoms with Crippen LogP contribution in [0.5, 0.6) is 0 Å². The van der Waals surface area contributed by atoms with E-state index in [-0.39, 0.29) is 5.78 Å². The number of carbonyl (C=O) groups is 1. The van der Waals surface area contributed by atoms with Gasteiger partial charge in [0.15, 0.2) is 0 Å². The molecule has 4 heteroatoms. The van der Waals surface area contributed by atoms with E-state index in [4.69, 9.17) is 4.52 Å². The van der Waals surface area contributed by atoms with Crippen LogP contribution < -0.4 is 5.30 Å². The van der Waals surface area contributed by atoms with Gasteiger partial charge in [-0.1, -0.05) is 0 Å². The quantitative estimate of drug-likeness (QED) is 0.470. The van der Waals surface area contributed by atoms with Gasteiger partial charge in [-0.25, -0.2) is 0 Å². The molecule has 0 amide bonds. The first-order valence-corrected chi connectivity index (χ1v) is 10.5. The first-order valence-electron chi connectivity index (χ1n) is 6.36. The summed E-state index contributed by atoms with van der Waals surface area (Å²) in [6.07, 6.45) is -1.63. The van der Waals surface area contributed by atoms with E-state index in [9.17, 15) is 4.79 Å². The molecule has 0 bridgehead atoms. The third-order valence-corrected chi connectivity index (χ3v) is 8.70. The fourth-order valence-electron chi connectivity index (χ4n) is 2.08. The zero-order chi connectivity index (χ0) is 14.6. The Hall–Kier alpha value is -0.981. The number of rotatable bonds is 5. The van der Waals surface area contributed by atoms with Crippen molar-refractivity contribution in [1.82, 2.24) is 0 Å². The second-order valence-electron chi connectivity index (χ2n) is 4.59. The van der Waals surface area contributed by atoms with Crippen LogP contribution in [-0.4, -0.2) is 34.6 Å². The van der Waals surface area contributed by atoms with Crippen molar-refractivity contribution < 1.29 is 9.32 Å². The minimum absolute atomic E-state index is 0.126. The predicted molar refractivity (Wildman–Crippen MR) is 86.1 cm³/mol. The number of carbonyl (C=O) groups excluding carboxylic acids is 1. The minimum atomic E-state index is -2.02. The van der Waals surface area contributed by atoms with Gasteiger partial charge in [0.05, 0.1) is 0 Å². The number of Topliss-reactive ketones (excluding diaryl/α,β-unsaturated/α-hetero) is 1. The molecule has 0 aliphatic rings. The van der Waals surface area contributed by atoms with Crippen LogP contribution in [0.4, 0.5) is 0 Å². The van der Waals surface area contributed by atoms with Crippen LogP contribution in [0, 0.1) is 6.92 Å². The summed E-state index contributed by atoms with van der Waals surface area (Å²) in [5.74, 6) is 0.126. The molecular formula is C16H17O2PSe. The molecule has 2 aromatic carbocycles. The Morgan fingerprint density at radius 1 is 1.10 bits per heavy atom. The molecule has 20 heavy (non-hydrogen) atoms. The fourth-order valence-corrected chi connectivity index (χ4v) is 5.28. The van der Waals surface area contributed by atoms with Crippen molar-refractivity contribution >= 4 is 32.8 Å². The van der Waals surface area contributed by atoms with Gasteiger partial charge in [-0.2, -0.15) is 0 Å². The second kappa shape index (κ2) is 6.65. The number of benzene rings is 2. The summed E-state index contributed by atoms with van der Waals surface area (Å²) < 4.78 is 5.69. The average Bonchev–Trinajstić information content (AvgIpc) is 2.48. The fraction of sp³-hybridized carbons (Fsp3) is 0.188. The van der Waals surface area contributed by atoms with E-state index in [1.807, 2.05) is 61.5 Å². The van der Waals surface area contributed by atoms with Gasteiger partial charge >= 0.3 is 128 Å². The Kier molecular flexibility index (Phi) is 5.12. The maximum absolute atomic E-state index is 12.5. The van der Waals surface area contributed by atoms with E-state index >= 15 is 0 Å². The number of aryl methyl sites for hydroxylation is 1. The van der Waals surface area contributed by atoms with Crippen LogP contribution in [0.3, 0.4) is 0 Å². The second-order valence-corrected chi connectivity index (χ2v) is 10.8. The normalized spacial score (nSPS) is 13.8. The molecule has 2 nitrogen and oxygen atoms in total. The zero-order valence-corrected chi connectivity index (χ0v) is 14.2. The van der Waals surface area contributed by atoms with E-state index in [0.717, 1.165) is 16.4 Å². The van der Waals surface area contributed by atoms with Crippen molar-refractivity contribution in [1.29, 1.82) is 0 Å². The molecule has 1 unspecified atom stereocenters. The molecule has 0 aromatic heterocycles.